The van der Waals surface area contributed by atoms with Gasteiger partial charge in [0.15, 0.2) is 0 Å². The lowest BCUT2D eigenvalue weighted by Gasteiger charge is -2.34. The lowest BCUT2D eigenvalue weighted by Crippen LogP contribution is -2.22. The molecule has 174 valence electrons. The van der Waals surface area contributed by atoms with E-state index in [9.17, 15) is 9.13 Å². The second-order valence-corrected chi connectivity index (χ2v) is 16.2. The molecule has 4 saturated carbocycles. The van der Waals surface area contributed by atoms with Crippen LogP contribution in [0.2, 0.25) is 0 Å². The van der Waals surface area contributed by atoms with Crippen LogP contribution in [-0.4, -0.2) is 28.7 Å². The molecule has 4 fully saturated rings. The first-order valence-electron chi connectivity index (χ1n) is 12.0. The topological polar surface area (TPSA) is 71.1 Å². The van der Waals surface area contributed by atoms with Crippen LogP contribution in [0, 0.1) is 0 Å². The molecule has 0 aliphatic heterocycles. The molecule has 0 heterocycles. The maximum atomic E-state index is 14.2. The van der Waals surface area contributed by atoms with Crippen LogP contribution in [0.25, 0.3) is 0 Å². The van der Waals surface area contributed by atoms with Gasteiger partial charge in [0.2, 0.25) is 4.31 Å². The predicted molar refractivity (Wildman–Crippen MR) is 121 cm³/mol. The number of alkyl halides is 1. The molecule has 9 heteroatoms. The first-order valence-corrected chi connectivity index (χ1v) is 16.2. The molecule has 0 unspecified atom stereocenters. The number of halogens is 1. The summed E-state index contributed by atoms with van der Waals surface area (Å²) in [7, 11) is -7.48. The molecule has 6 nitrogen and oxygen atoms in total. The van der Waals surface area contributed by atoms with Crippen molar-refractivity contribution in [3.8, 4) is 0 Å². The second-order valence-electron chi connectivity index (χ2n) is 9.44. The van der Waals surface area contributed by atoms with Crippen LogP contribution in [0.15, 0.2) is 0 Å². The van der Waals surface area contributed by atoms with Gasteiger partial charge in [-0.25, -0.2) is 0 Å². The molecule has 4 rings (SSSR count). The Labute approximate surface area is 189 Å². The van der Waals surface area contributed by atoms with Crippen molar-refractivity contribution in [1.29, 1.82) is 0 Å². The molecule has 0 aromatic rings. The van der Waals surface area contributed by atoms with E-state index in [0.717, 1.165) is 103 Å². The number of hydrogen-bond donors (Lipinski definition) is 0. The van der Waals surface area contributed by atoms with Gasteiger partial charge in [-0.3, -0.25) is 9.13 Å². The maximum absolute atomic E-state index is 14.2. The summed E-state index contributed by atoms with van der Waals surface area (Å²) in [6.07, 6.45) is 15.1. The van der Waals surface area contributed by atoms with Crippen LogP contribution < -0.4 is 0 Å². The zero-order chi connectivity index (χ0) is 21.0. The second kappa shape index (κ2) is 10.8. The highest BCUT2D eigenvalue weighted by Gasteiger charge is 2.54. The van der Waals surface area contributed by atoms with Crippen molar-refractivity contribution in [1.82, 2.24) is 0 Å². The third-order valence-electron chi connectivity index (χ3n) is 6.91. The van der Waals surface area contributed by atoms with Gasteiger partial charge < -0.3 is 18.1 Å². The maximum Gasteiger partial charge on any atom is 0.357 e. The molecule has 0 bridgehead atoms. The lowest BCUT2D eigenvalue weighted by molar-refractivity contribution is 0.105. The molecule has 0 N–H and O–H groups in total. The smallest absolute Gasteiger partial charge is 0.304 e. The molecule has 0 aromatic carbocycles. The van der Waals surface area contributed by atoms with Gasteiger partial charge in [-0.1, -0.05) is 67.3 Å². The largest absolute Gasteiger partial charge is 0.357 e. The first-order chi connectivity index (χ1) is 14.5. The SMILES string of the molecule is O=P(OC1CCCC1)(OC1CCCC1)C(Br)P(=O)(OC1CCCC1)OC1CCCC1. The molecule has 0 amide bonds. The summed E-state index contributed by atoms with van der Waals surface area (Å²) in [5.74, 6) is 0. The van der Waals surface area contributed by atoms with Crippen molar-refractivity contribution >= 4 is 31.1 Å². The fraction of sp³-hybridized carbons (Fsp3) is 1.00. The van der Waals surface area contributed by atoms with Crippen molar-refractivity contribution in [2.24, 2.45) is 0 Å². The summed E-state index contributed by atoms with van der Waals surface area (Å²) in [6.45, 7) is 0. The average molecular weight is 527 g/mol. The summed E-state index contributed by atoms with van der Waals surface area (Å²) in [5, 5.41) is 0. The first kappa shape index (κ1) is 23.9. The van der Waals surface area contributed by atoms with Crippen LogP contribution in [0.1, 0.15) is 103 Å². The van der Waals surface area contributed by atoms with E-state index < -0.39 is 19.5 Å². The van der Waals surface area contributed by atoms with Gasteiger partial charge in [0.25, 0.3) is 0 Å². The van der Waals surface area contributed by atoms with Crippen LogP contribution >= 0.6 is 31.1 Å². The van der Waals surface area contributed by atoms with Gasteiger partial charge in [0.1, 0.15) is 0 Å². The fourth-order valence-corrected chi connectivity index (χ4v) is 11.4. The van der Waals surface area contributed by atoms with Crippen LogP contribution in [0.3, 0.4) is 0 Å². The van der Waals surface area contributed by atoms with Gasteiger partial charge in [-0.05, 0) is 51.4 Å². The van der Waals surface area contributed by atoms with Crippen molar-refractivity contribution in [3.05, 3.63) is 0 Å². The Morgan fingerprint density at radius 3 is 0.900 bits per heavy atom. The number of rotatable bonds is 10. The predicted octanol–water partition coefficient (Wildman–Crippen LogP) is 7.89. The van der Waals surface area contributed by atoms with Gasteiger partial charge in [0.05, 0.1) is 24.4 Å². The molecular weight excluding hydrogens is 490 g/mol. The minimum atomic E-state index is -3.74. The molecule has 0 aromatic heterocycles. The summed E-state index contributed by atoms with van der Waals surface area (Å²) in [5.41, 5.74) is 0. The molecule has 4 aliphatic rings. The minimum absolute atomic E-state index is 0.108. The molecule has 30 heavy (non-hydrogen) atoms. The van der Waals surface area contributed by atoms with Gasteiger partial charge in [0, 0.05) is 0 Å². The third kappa shape index (κ3) is 6.01. The zero-order valence-corrected chi connectivity index (χ0v) is 21.3. The third-order valence-corrected chi connectivity index (χ3v) is 15.0. The Hall–Kier alpha value is 0.780. The Morgan fingerprint density at radius 2 is 0.700 bits per heavy atom. The Morgan fingerprint density at radius 1 is 0.500 bits per heavy atom. The van der Waals surface area contributed by atoms with E-state index in [-0.39, 0.29) is 24.4 Å². The Kier molecular flexibility index (Phi) is 8.62. The quantitative estimate of drug-likeness (QED) is 0.213. The monoisotopic (exact) mass is 526 g/mol. The average Bonchev–Trinajstić information content (AvgIpc) is 3.50. The lowest BCUT2D eigenvalue weighted by atomic mass is 10.3. The van der Waals surface area contributed by atoms with E-state index in [1.807, 2.05) is 0 Å². The Balaban J connectivity index is 1.56. The number of hydrogen-bond acceptors (Lipinski definition) is 6. The zero-order valence-electron chi connectivity index (χ0n) is 17.9. The summed E-state index contributed by atoms with van der Waals surface area (Å²) in [6, 6.07) is 0. The minimum Gasteiger partial charge on any atom is -0.304 e. The molecule has 0 atom stereocenters. The highest BCUT2D eigenvalue weighted by atomic mass is 79.9. The van der Waals surface area contributed by atoms with Crippen molar-refractivity contribution in [2.75, 3.05) is 0 Å². The van der Waals surface area contributed by atoms with Crippen molar-refractivity contribution in [3.63, 3.8) is 0 Å². The van der Waals surface area contributed by atoms with E-state index in [0.29, 0.717) is 0 Å². The van der Waals surface area contributed by atoms with Gasteiger partial charge in [-0.15, -0.1) is 0 Å². The highest BCUT2D eigenvalue weighted by Crippen LogP contribution is 2.75. The molecular formula is C21H37BrO6P2. The molecule has 4 aliphatic carbocycles. The van der Waals surface area contributed by atoms with E-state index in [2.05, 4.69) is 15.9 Å². The normalized spacial score (nSPS) is 25.9. The fourth-order valence-electron chi connectivity index (χ4n) is 5.23. The Bertz CT molecular complexity index is 539. The van der Waals surface area contributed by atoms with Crippen molar-refractivity contribution in [2.45, 2.75) is 131 Å². The van der Waals surface area contributed by atoms with E-state index >= 15 is 0 Å². The summed E-state index contributed by atoms with van der Waals surface area (Å²) < 4.78 is 51.9. The molecule has 0 spiro atoms. The van der Waals surface area contributed by atoms with E-state index in [4.69, 9.17) is 18.1 Å². The molecule has 0 radical (unpaired) electrons. The van der Waals surface area contributed by atoms with E-state index in [1.54, 1.807) is 0 Å². The molecule has 0 saturated heterocycles. The van der Waals surface area contributed by atoms with Gasteiger partial charge in [-0.2, -0.15) is 0 Å². The van der Waals surface area contributed by atoms with Crippen LogP contribution in [0.4, 0.5) is 0 Å². The van der Waals surface area contributed by atoms with Crippen LogP contribution in [0.5, 0.6) is 0 Å². The summed E-state index contributed by atoms with van der Waals surface area (Å²) in [4.78, 5) is 0. The standard InChI is InChI=1S/C21H37BrO6P2/c22-21(29(23,25-17-9-1-2-10-17)26-18-11-3-4-12-18)30(24,27-19-13-5-6-14-19)28-20-15-7-8-16-20/h17-21H,1-16H2. The van der Waals surface area contributed by atoms with Gasteiger partial charge >= 0.3 is 15.2 Å². The summed E-state index contributed by atoms with van der Waals surface area (Å²) >= 11 is 3.53. The van der Waals surface area contributed by atoms with Crippen molar-refractivity contribution < 1.29 is 27.2 Å². The highest BCUT2D eigenvalue weighted by molar-refractivity contribution is 9.12. The van der Waals surface area contributed by atoms with E-state index in [1.165, 1.54) is 0 Å². The van der Waals surface area contributed by atoms with Crippen LogP contribution in [-0.2, 0) is 27.2 Å².